The molecule has 5 heteroatoms. The topological polar surface area (TPSA) is 59.4 Å². The molecule has 0 saturated carbocycles. The van der Waals surface area contributed by atoms with Crippen molar-refractivity contribution in [2.45, 2.75) is 32.3 Å². The maximum atomic E-state index is 11.1. The quantitative estimate of drug-likeness (QED) is 0.786. The fraction of sp³-hybridized carbons (Fsp3) is 0.600. The molecule has 1 heterocycles. The average molecular weight is 229 g/mol. The van der Waals surface area contributed by atoms with Crippen molar-refractivity contribution >= 4 is 17.3 Å². The van der Waals surface area contributed by atoms with E-state index in [2.05, 4.69) is 16.6 Å². The van der Waals surface area contributed by atoms with Crippen LogP contribution in [-0.4, -0.2) is 23.2 Å². The van der Waals surface area contributed by atoms with E-state index in [9.17, 15) is 9.90 Å². The number of nitrogens with zero attached hydrogens (tertiary/aromatic N) is 1. The summed E-state index contributed by atoms with van der Waals surface area (Å²) in [5, 5.41) is 11.9. The number of aliphatic hydroxyl groups excluding tert-OH is 1. The summed E-state index contributed by atoms with van der Waals surface area (Å²) in [6.07, 6.45) is 2.11. The van der Waals surface area contributed by atoms with Gasteiger partial charge in [0, 0.05) is 5.38 Å². The highest BCUT2D eigenvalue weighted by atomic mass is 32.1. The van der Waals surface area contributed by atoms with Crippen molar-refractivity contribution in [3.63, 3.8) is 0 Å². The minimum Gasteiger partial charge on any atom is -0.464 e. The number of rotatable bonds is 5. The van der Waals surface area contributed by atoms with Crippen molar-refractivity contribution in [2.24, 2.45) is 0 Å². The molecule has 0 aliphatic rings. The van der Waals surface area contributed by atoms with Gasteiger partial charge in [-0.05, 0) is 6.42 Å². The van der Waals surface area contributed by atoms with Gasteiger partial charge in [0.1, 0.15) is 11.1 Å². The summed E-state index contributed by atoms with van der Waals surface area (Å²) in [6.45, 7) is 2.06. The van der Waals surface area contributed by atoms with Crippen LogP contribution in [0.3, 0.4) is 0 Å². The van der Waals surface area contributed by atoms with Crippen molar-refractivity contribution < 1.29 is 14.6 Å². The predicted molar refractivity (Wildman–Crippen MR) is 57.9 cm³/mol. The molecule has 0 aromatic carbocycles. The highest BCUT2D eigenvalue weighted by Crippen LogP contribution is 2.22. The fourth-order valence-corrected chi connectivity index (χ4v) is 1.97. The van der Waals surface area contributed by atoms with Gasteiger partial charge in [0.25, 0.3) is 0 Å². The predicted octanol–water partition coefficient (Wildman–Crippen LogP) is 2.15. The standard InChI is InChI=1S/C10H15NO3S/c1-3-4-5-8(12)9-11-7(6-15-9)10(13)14-2/h6,8,12H,3-5H2,1-2H3. The van der Waals surface area contributed by atoms with E-state index in [-0.39, 0.29) is 5.69 Å². The Labute approximate surface area is 92.9 Å². The second kappa shape index (κ2) is 5.82. The van der Waals surface area contributed by atoms with E-state index in [0.717, 1.165) is 12.8 Å². The van der Waals surface area contributed by atoms with Crippen LogP contribution in [0, 0.1) is 0 Å². The van der Waals surface area contributed by atoms with Crippen molar-refractivity contribution in [1.29, 1.82) is 0 Å². The number of aliphatic hydroxyl groups is 1. The molecule has 1 rings (SSSR count). The van der Waals surface area contributed by atoms with Crippen LogP contribution in [-0.2, 0) is 4.74 Å². The summed E-state index contributed by atoms with van der Waals surface area (Å²) in [5.74, 6) is -0.458. The molecule has 0 aliphatic heterocycles. The van der Waals surface area contributed by atoms with Gasteiger partial charge in [0.05, 0.1) is 7.11 Å². The largest absolute Gasteiger partial charge is 0.464 e. The van der Waals surface area contributed by atoms with E-state index in [1.807, 2.05) is 0 Å². The Bertz CT molecular complexity index is 324. The number of carbonyl (C=O) groups is 1. The van der Waals surface area contributed by atoms with Crippen molar-refractivity contribution in [2.75, 3.05) is 7.11 Å². The lowest BCUT2D eigenvalue weighted by Crippen LogP contribution is -2.03. The van der Waals surface area contributed by atoms with Gasteiger partial charge in [-0.3, -0.25) is 0 Å². The van der Waals surface area contributed by atoms with Gasteiger partial charge in [0.15, 0.2) is 5.69 Å². The lowest BCUT2D eigenvalue weighted by atomic mass is 10.2. The van der Waals surface area contributed by atoms with Crippen molar-refractivity contribution in [1.82, 2.24) is 4.98 Å². The molecule has 15 heavy (non-hydrogen) atoms. The van der Waals surface area contributed by atoms with E-state index in [4.69, 9.17) is 0 Å². The molecule has 0 fully saturated rings. The van der Waals surface area contributed by atoms with Crippen molar-refractivity contribution in [3.05, 3.63) is 16.1 Å². The average Bonchev–Trinajstić information content (AvgIpc) is 2.74. The van der Waals surface area contributed by atoms with Crippen LogP contribution in [0.25, 0.3) is 0 Å². The zero-order chi connectivity index (χ0) is 11.3. The third kappa shape index (κ3) is 3.28. The van der Waals surface area contributed by atoms with Gasteiger partial charge in [-0.1, -0.05) is 19.8 Å². The highest BCUT2D eigenvalue weighted by molar-refractivity contribution is 7.09. The van der Waals surface area contributed by atoms with Crippen LogP contribution >= 0.6 is 11.3 Å². The SMILES string of the molecule is CCCCC(O)c1nc(C(=O)OC)cs1. The van der Waals surface area contributed by atoms with E-state index in [1.165, 1.54) is 18.4 Å². The molecule has 84 valence electrons. The summed E-state index contributed by atoms with van der Waals surface area (Å²) < 4.78 is 4.53. The summed E-state index contributed by atoms with van der Waals surface area (Å²) in [6, 6.07) is 0. The van der Waals surface area contributed by atoms with E-state index in [0.29, 0.717) is 11.4 Å². The molecule has 0 bridgehead atoms. The Hall–Kier alpha value is -0.940. The molecule has 0 saturated heterocycles. The first-order valence-electron chi connectivity index (χ1n) is 4.90. The van der Waals surface area contributed by atoms with Gasteiger partial charge in [-0.15, -0.1) is 11.3 Å². The zero-order valence-electron chi connectivity index (χ0n) is 8.90. The molecule has 0 aliphatic carbocycles. The molecule has 1 unspecified atom stereocenters. The Kier molecular flexibility index (Phi) is 4.71. The smallest absolute Gasteiger partial charge is 0.357 e. The molecule has 4 nitrogen and oxygen atoms in total. The number of esters is 1. The van der Waals surface area contributed by atoms with Crippen LogP contribution in [0.4, 0.5) is 0 Å². The Morgan fingerprint density at radius 2 is 2.47 bits per heavy atom. The molecule has 1 N–H and O–H groups in total. The van der Waals surface area contributed by atoms with E-state index < -0.39 is 12.1 Å². The van der Waals surface area contributed by atoms with Crippen molar-refractivity contribution in [3.8, 4) is 0 Å². The van der Waals surface area contributed by atoms with Crippen LogP contribution in [0.15, 0.2) is 5.38 Å². The number of ether oxygens (including phenoxy) is 1. The lowest BCUT2D eigenvalue weighted by Gasteiger charge is -2.04. The molecule has 0 spiro atoms. The van der Waals surface area contributed by atoms with Crippen LogP contribution in [0.5, 0.6) is 0 Å². The minimum absolute atomic E-state index is 0.271. The zero-order valence-corrected chi connectivity index (χ0v) is 9.71. The fourth-order valence-electron chi connectivity index (χ4n) is 1.16. The number of hydrogen-bond donors (Lipinski definition) is 1. The molecule has 0 amide bonds. The molecule has 0 radical (unpaired) electrons. The number of methoxy groups -OCH3 is 1. The van der Waals surface area contributed by atoms with Crippen LogP contribution in [0.2, 0.25) is 0 Å². The highest BCUT2D eigenvalue weighted by Gasteiger charge is 2.15. The lowest BCUT2D eigenvalue weighted by molar-refractivity contribution is 0.0594. The van der Waals surface area contributed by atoms with Crippen LogP contribution in [0.1, 0.15) is 47.8 Å². The van der Waals surface area contributed by atoms with Gasteiger partial charge in [0.2, 0.25) is 0 Å². The number of carbonyl (C=O) groups excluding carboxylic acids is 1. The van der Waals surface area contributed by atoms with Gasteiger partial charge >= 0.3 is 5.97 Å². The summed E-state index contributed by atoms with van der Waals surface area (Å²) >= 11 is 1.29. The summed E-state index contributed by atoms with van der Waals surface area (Å²) in [4.78, 5) is 15.1. The van der Waals surface area contributed by atoms with Gasteiger partial charge in [-0.25, -0.2) is 9.78 Å². The third-order valence-electron chi connectivity index (χ3n) is 2.03. The Morgan fingerprint density at radius 1 is 1.73 bits per heavy atom. The van der Waals surface area contributed by atoms with Gasteiger partial charge < -0.3 is 9.84 Å². The number of thiazole rings is 1. The molecule has 1 atom stereocenters. The second-order valence-corrected chi connectivity index (χ2v) is 4.11. The normalized spacial score (nSPS) is 12.5. The number of hydrogen-bond acceptors (Lipinski definition) is 5. The number of unbranched alkanes of at least 4 members (excludes halogenated alkanes) is 1. The minimum atomic E-state index is -0.562. The maximum absolute atomic E-state index is 11.1. The summed E-state index contributed by atoms with van der Waals surface area (Å²) in [7, 11) is 1.31. The first-order chi connectivity index (χ1) is 7.19. The monoisotopic (exact) mass is 229 g/mol. The Balaban J connectivity index is 2.62. The Morgan fingerprint density at radius 3 is 3.07 bits per heavy atom. The first kappa shape index (κ1) is 12.1. The molecule has 1 aromatic rings. The summed E-state index contributed by atoms with van der Waals surface area (Å²) in [5.41, 5.74) is 0.271. The third-order valence-corrected chi connectivity index (χ3v) is 2.98. The molecule has 1 aromatic heterocycles. The maximum Gasteiger partial charge on any atom is 0.357 e. The molecular formula is C10H15NO3S. The number of aromatic nitrogens is 1. The second-order valence-electron chi connectivity index (χ2n) is 3.22. The van der Waals surface area contributed by atoms with Gasteiger partial charge in [-0.2, -0.15) is 0 Å². The first-order valence-corrected chi connectivity index (χ1v) is 5.78. The van der Waals surface area contributed by atoms with Crippen LogP contribution < -0.4 is 0 Å². The molecular weight excluding hydrogens is 214 g/mol. The van der Waals surface area contributed by atoms with E-state index in [1.54, 1.807) is 5.38 Å². The van der Waals surface area contributed by atoms with E-state index >= 15 is 0 Å².